The zero-order chi connectivity index (χ0) is 25.5. The van der Waals surface area contributed by atoms with Crippen molar-refractivity contribution in [3.63, 3.8) is 0 Å². The zero-order valence-corrected chi connectivity index (χ0v) is 20.5. The Morgan fingerprint density at radius 1 is 0.676 bits per heavy atom. The second-order valence-electron chi connectivity index (χ2n) is 8.45. The summed E-state index contributed by atoms with van der Waals surface area (Å²) in [5.41, 5.74) is 1.99. The number of carbonyl (C=O) groups is 1. The van der Waals surface area contributed by atoms with Crippen LogP contribution in [0.25, 0.3) is 10.8 Å². The van der Waals surface area contributed by atoms with Gasteiger partial charge in [-0.25, -0.2) is 0 Å². The van der Waals surface area contributed by atoms with Gasteiger partial charge in [0.15, 0.2) is 0 Å². The molecule has 0 aliphatic carbocycles. The molecular weight excluding hydrogens is 462 g/mol. The Balaban J connectivity index is 1.27. The molecule has 0 heterocycles. The molecule has 0 bridgehead atoms. The predicted octanol–water partition coefficient (Wildman–Crippen LogP) is 7.86. The fourth-order valence-electron chi connectivity index (χ4n) is 3.98. The van der Waals surface area contributed by atoms with Crippen molar-refractivity contribution in [3.8, 4) is 23.0 Å². The van der Waals surface area contributed by atoms with E-state index in [0.29, 0.717) is 29.4 Å². The van der Waals surface area contributed by atoms with Crippen LogP contribution in [0.3, 0.4) is 0 Å². The molecule has 5 nitrogen and oxygen atoms in total. The molecule has 0 saturated heterocycles. The Hall–Kier alpha value is -4.77. The van der Waals surface area contributed by atoms with Crippen LogP contribution >= 0.6 is 0 Å². The van der Waals surface area contributed by atoms with E-state index < -0.39 is 0 Å². The third-order valence-electron chi connectivity index (χ3n) is 5.83. The molecular formula is C32H27NO4. The largest absolute Gasteiger partial charge is 0.493 e. The SMILES string of the molecule is CCOc1ccc(C(=O)Nc2ccc(Oc3ccccc3)cc2)cc1COc1ccc2ccccc2c1. The second kappa shape index (κ2) is 11.3. The van der Waals surface area contributed by atoms with Gasteiger partial charge in [0.25, 0.3) is 5.91 Å². The summed E-state index contributed by atoms with van der Waals surface area (Å²) in [6.07, 6.45) is 0. The molecule has 5 aromatic carbocycles. The Morgan fingerprint density at radius 2 is 1.38 bits per heavy atom. The first kappa shape index (κ1) is 23.9. The van der Waals surface area contributed by atoms with Crippen molar-refractivity contribution in [3.05, 3.63) is 126 Å². The quantitative estimate of drug-likeness (QED) is 0.229. The lowest BCUT2D eigenvalue weighted by molar-refractivity contribution is 0.102. The van der Waals surface area contributed by atoms with E-state index in [4.69, 9.17) is 14.2 Å². The first-order valence-corrected chi connectivity index (χ1v) is 12.2. The van der Waals surface area contributed by atoms with Crippen LogP contribution < -0.4 is 19.5 Å². The number of carbonyl (C=O) groups excluding carboxylic acids is 1. The van der Waals surface area contributed by atoms with Crippen molar-refractivity contribution in [2.75, 3.05) is 11.9 Å². The van der Waals surface area contributed by atoms with E-state index in [1.807, 2.05) is 104 Å². The summed E-state index contributed by atoms with van der Waals surface area (Å²) in [6, 6.07) is 36.4. The molecule has 1 N–H and O–H groups in total. The van der Waals surface area contributed by atoms with E-state index >= 15 is 0 Å². The van der Waals surface area contributed by atoms with Crippen LogP contribution in [-0.4, -0.2) is 12.5 Å². The molecule has 0 atom stereocenters. The monoisotopic (exact) mass is 489 g/mol. The molecule has 0 fully saturated rings. The standard InChI is InChI=1S/C32H27NO4/c1-2-35-31-19-13-25(20-26(31)22-36-30-16-12-23-8-6-7-9-24(23)21-30)32(34)33-27-14-17-29(18-15-27)37-28-10-4-3-5-11-28/h3-21H,2,22H2,1H3,(H,33,34). The van der Waals surface area contributed by atoms with Crippen LogP contribution in [0.1, 0.15) is 22.8 Å². The van der Waals surface area contributed by atoms with E-state index in [1.165, 1.54) is 0 Å². The molecule has 0 aliphatic heterocycles. The van der Waals surface area contributed by atoms with Crippen LogP contribution in [0.4, 0.5) is 5.69 Å². The highest BCUT2D eigenvalue weighted by atomic mass is 16.5. The minimum Gasteiger partial charge on any atom is -0.493 e. The predicted molar refractivity (Wildman–Crippen MR) is 147 cm³/mol. The lowest BCUT2D eigenvalue weighted by Crippen LogP contribution is -2.13. The van der Waals surface area contributed by atoms with Gasteiger partial charge in [-0.1, -0.05) is 48.5 Å². The normalized spacial score (nSPS) is 10.6. The summed E-state index contributed by atoms with van der Waals surface area (Å²) in [4.78, 5) is 13.0. The Bertz CT molecular complexity index is 1500. The van der Waals surface area contributed by atoms with Crippen molar-refractivity contribution in [2.24, 2.45) is 0 Å². The van der Waals surface area contributed by atoms with Crippen molar-refractivity contribution in [1.82, 2.24) is 0 Å². The number of fused-ring (bicyclic) bond motifs is 1. The number of nitrogens with one attached hydrogen (secondary N) is 1. The van der Waals surface area contributed by atoms with Gasteiger partial charge in [-0.2, -0.15) is 0 Å². The molecule has 0 aliphatic rings. The van der Waals surface area contributed by atoms with E-state index in [0.717, 1.165) is 27.8 Å². The molecule has 5 aromatic rings. The third-order valence-corrected chi connectivity index (χ3v) is 5.83. The average Bonchev–Trinajstić information content (AvgIpc) is 2.94. The van der Waals surface area contributed by atoms with Crippen LogP contribution in [0.5, 0.6) is 23.0 Å². The van der Waals surface area contributed by atoms with E-state index in [1.54, 1.807) is 6.07 Å². The molecule has 5 heteroatoms. The maximum atomic E-state index is 13.0. The van der Waals surface area contributed by atoms with Gasteiger partial charge in [-0.3, -0.25) is 4.79 Å². The van der Waals surface area contributed by atoms with Crippen molar-refractivity contribution in [1.29, 1.82) is 0 Å². The van der Waals surface area contributed by atoms with Crippen LogP contribution in [0.2, 0.25) is 0 Å². The van der Waals surface area contributed by atoms with Crippen LogP contribution in [0.15, 0.2) is 115 Å². The number of amides is 1. The summed E-state index contributed by atoms with van der Waals surface area (Å²) in [6.45, 7) is 2.73. The van der Waals surface area contributed by atoms with Gasteiger partial charge in [0.2, 0.25) is 0 Å². The summed E-state index contributed by atoms with van der Waals surface area (Å²) < 4.78 is 17.7. The molecule has 0 saturated carbocycles. The number of rotatable bonds is 9. The van der Waals surface area contributed by atoms with Gasteiger partial charge in [0, 0.05) is 16.8 Å². The summed E-state index contributed by atoms with van der Waals surface area (Å²) in [5.74, 6) is 2.69. The molecule has 1 amide bonds. The van der Waals surface area contributed by atoms with E-state index in [2.05, 4.69) is 17.4 Å². The van der Waals surface area contributed by atoms with Crippen LogP contribution in [0, 0.1) is 0 Å². The number of hydrogen-bond acceptors (Lipinski definition) is 4. The fourth-order valence-corrected chi connectivity index (χ4v) is 3.98. The molecule has 0 unspecified atom stereocenters. The van der Waals surface area contributed by atoms with E-state index in [9.17, 15) is 4.79 Å². The lowest BCUT2D eigenvalue weighted by Gasteiger charge is -2.14. The van der Waals surface area contributed by atoms with Crippen LogP contribution in [-0.2, 0) is 6.61 Å². The molecule has 37 heavy (non-hydrogen) atoms. The van der Waals surface area contributed by atoms with Crippen molar-refractivity contribution < 1.29 is 19.0 Å². The highest BCUT2D eigenvalue weighted by Gasteiger charge is 2.12. The molecule has 0 spiro atoms. The number of ether oxygens (including phenoxy) is 3. The maximum Gasteiger partial charge on any atom is 0.255 e. The van der Waals surface area contributed by atoms with Gasteiger partial charge in [-0.15, -0.1) is 0 Å². The highest BCUT2D eigenvalue weighted by molar-refractivity contribution is 6.04. The smallest absolute Gasteiger partial charge is 0.255 e. The number of hydrogen-bond donors (Lipinski definition) is 1. The Morgan fingerprint density at radius 3 is 2.16 bits per heavy atom. The summed E-state index contributed by atoms with van der Waals surface area (Å²) in [7, 11) is 0. The van der Waals surface area contributed by atoms with Gasteiger partial charge in [-0.05, 0) is 84.4 Å². The third kappa shape index (κ3) is 6.08. The number of benzene rings is 5. The van der Waals surface area contributed by atoms with Gasteiger partial charge < -0.3 is 19.5 Å². The molecule has 0 radical (unpaired) electrons. The lowest BCUT2D eigenvalue weighted by atomic mass is 10.1. The second-order valence-corrected chi connectivity index (χ2v) is 8.45. The molecule has 184 valence electrons. The van der Waals surface area contributed by atoms with Crippen molar-refractivity contribution in [2.45, 2.75) is 13.5 Å². The van der Waals surface area contributed by atoms with Gasteiger partial charge >= 0.3 is 0 Å². The fraction of sp³-hybridized carbons (Fsp3) is 0.0938. The summed E-state index contributed by atoms with van der Waals surface area (Å²) in [5, 5.41) is 5.21. The highest BCUT2D eigenvalue weighted by Crippen LogP contribution is 2.26. The Kier molecular flexibility index (Phi) is 7.32. The molecule has 5 rings (SSSR count). The number of anilines is 1. The Labute approximate surface area is 216 Å². The number of para-hydroxylation sites is 1. The minimum absolute atomic E-state index is 0.216. The van der Waals surface area contributed by atoms with Crippen molar-refractivity contribution >= 4 is 22.4 Å². The van der Waals surface area contributed by atoms with Gasteiger partial charge in [0.1, 0.15) is 29.6 Å². The first-order chi connectivity index (χ1) is 18.2. The summed E-state index contributed by atoms with van der Waals surface area (Å²) >= 11 is 0. The van der Waals surface area contributed by atoms with Gasteiger partial charge in [0.05, 0.1) is 6.61 Å². The average molecular weight is 490 g/mol. The maximum absolute atomic E-state index is 13.0. The topological polar surface area (TPSA) is 56.8 Å². The minimum atomic E-state index is -0.216. The van der Waals surface area contributed by atoms with E-state index in [-0.39, 0.29) is 12.5 Å². The zero-order valence-electron chi connectivity index (χ0n) is 20.5. The first-order valence-electron chi connectivity index (χ1n) is 12.2. The molecule has 0 aromatic heterocycles.